The maximum absolute atomic E-state index is 12.5. The molecule has 0 spiro atoms. The Morgan fingerprint density at radius 2 is 1.93 bits per heavy atom. The molecule has 2 N–H and O–H groups in total. The molecule has 1 aliphatic rings. The van der Waals surface area contributed by atoms with Gasteiger partial charge in [0.1, 0.15) is 17.5 Å². The summed E-state index contributed by atoms with van der Waals surface area (Å²) in [4.78, 5) is 28.7. The fourth-order valence-corrected chi connectivity index (χ4v) is 2.58. The molecule has 150 valence electrons. The van der Waals surface area contributed by atoms with Crippen molar-refractivity contribution in [2.24, 2.45) is 5.41 Å². The van der Waals surface area contributed by atoms with E-state index >= 15 is 0 Å². The van der Waals surface area contributed by atoms with E-state index in [1.54, 1.807) is 20.8 Å². The van der Waals surface area contributed by atoms with Gasteiger partial charge in [0.15, 0.2) is 6.61 Å². The largest absolute Gasteiger partial charge is 0.484 e. The van der Waals surface area contributed by atoms with Crippen molar-refractivity contribution in [3.8, 4) is 5.75 Å². The summed E-state index contributed by atoms with van der Waals surface area (Å²) in [7, 11) is 1.46. The predicted molar refractivity (Wildman–Crippen MR) is 92.5 cm³/mol. The highest BCUT2D eigenvalue weighted by Gasteiger charge is 2.34. The average Bonchev–Trinajstić information content (AvgIpc) is 3.39. The van der Waals surface area contributed by atoms with Crippen molar-refractivity contribution in [2.45, 2.75) is 51.7 Å². The first-order valence-corrected chi connectivity index (χ1v) is 8.64. The number of hydrogen-bond donors (Lipinski definition) is 2. The summed E-state index contributed by atoms with van der Waals surface area (Å²) in [6.45, 7) is 3.92. The number of aromatic nitrogens is 1. The van der Waals surface area contributed by atoms with Crippen LogP contribution >= 0.6 is 0 Å². The highest BCUT2D eigenvalue weighted by Crippen LogP contribution is 2.44. The van der Waals surface area contributed by atoms with Gasteiger partial charge in [-0.05, 0) is 24.2 Å². The molecule has 1 atom stereocenters. The lowest BCUT2D eigenvalue weighted by molar-refractivity contribution is -0.153. The zero-order valence-electron chi connectivity index (χ0n) is 15.7. The first kappa shape index (κ1) is 21.0. The molecule has 9 heteroatoms. The SMILES string of the molecule is CNC(=O)[C@H](NC(=O)c1cc(OCC(F)(F)F)c(C2CC2)cn1)C(C)(C)C. The van der Waals surface area contributed by atoms with Crippen LogP contribution in [0.4, 0.5) is 13.2 Å². The van der Waals surface area contributed by atoms with Crippen molar-refractivity contribution < 1.29 is 27.5 Å². The van der Waals surface area contributed by atoms with Crippen LogP contribution < -0.4 is 15.4 Å². The predicted octanol–water partition coefficient (Wildman–Crippen LogP) is 2.79. The molecule has 0 aliphatic heterocycles. The normalized spacial score (nSPS) is 15.8. The molecule has 2 rings (SSSR count). The van der Waals surface area contributed by atoms with Crippen LogP contribution in [-0.2, 0) is 4.79 Å². The first-order chi connectivity index (χ1) is 12.4. The zero-order valence-corrected chi connectivity index (χ0v) is 15.7. The van der Waals surface area contributed by atoms with Crippen molar-refractivity contribution >= 4 is 11.8 Å². The molecule has 6 nitrogen and oxygen atoms in total. The van der Waals surface area contributed by atoms with Crippen LogP contribution in [-0.4, -0.2) is 42.7 Å². The second-order valence-corrected chi connectivity index (χ2v) is 7.67. The van der Waals surface area contributed by atoms with Gasteiger partial charge in [0.25, 0.3) is 5.91 Å². The van der Waals surface area contributed by atoms with E-state index in [0.717, 1.165) is 12.8 Å². The molecule has 27 heavy (non-hydrogen) atoms. The Labute approximate surface area is 155 Å². The van der Waals surface area contributed by atoms with Crippen molar-refractivity contribution in [1.82, 2.24) is 15.6 Å². The van der Waals surface area contributed by atoms with Gasteiger partial charge in [0, 0.05) is 24.9 Å². The third-order valence-electron chi connectivity index (χ3n) is 4.19. The topological polar surface area (TPSA) is 80.3 Å². The standard InChI is InChI=1S/C18H24F3N3O3/c1-17(2,3)14(16(26)22-4)24-15(25)12-7-13(27-9-18(19,20)21)11(8-23-12)10-5-6-10/h7-8,10,14H,5-6,9H2,1-4H3,(H,22,26)(H,24,25)/t14-/m0/s1. The molecule has 1 saturated carbocycles. The van der Waals surface area contributed by atoms with Crippen LogP contribution in [0.25, 0.3) is 0 Å². The lowest BCUT2D eigenvalue weighted by Gasteiger charge is -2.29. The summed E-state index contributed by atoms with van der Waals surface area (Å²) in [5.74, 6) is -0.926. The van der Waals surface area contributed by atoms with E-state index < -0.39 is 30.1 Å². The van der Waals surface area contributed by atoms with Crippen LogP contribution in [0.1, 0.15) is 55.6 Å². The quantitative estimate of drug-likeness (QED) is 0.787. The van der Waals surface area contributed by atoms with E-state index in [2.05, 4.69) is 15.6 Å². The number of rotatable bonds is 6. The van der Waals surface area contributed by atoms with Gasteiger partial charge in [-0.3, -0.25) is 14.6 Å². The molecule has 0 saturated heterocycles. The Hall–Kier alpha value is -2.32. The molecule has 0 unspecified atom stereocenters. The molecule has 1 fully saturated rings. The highest BCUT2D eigenvalue weighted by atomic mass is 19.4. The number of pyridine rings is 1. The third-order valence-corrected chi connectivity index (χ3v) is 4.19. The van der Waals surface area contributed by atoms with Gasteiger partial charge in [0.2, 0.25) is 5.91 Å². The van der Waals surface area contributed by atoms with Gasteiger partial charge < -0.3 is 15.4 Å². The fourth-order valence-electron chi connectivity index (χ4n) is 2.58. The number of halogens is 3. The van der Waals surface area contributed by atoms with E-state index in [0.29, 0.717) is 5.56 Å². The highest BCUT2D eigenvalue weighted by molar-refractivity contribution is 5.96. The van der Waals surface area contributed by atoms with Gasteiger partial charge in [-0.25, -0.2) is 0 Å². The number of carbonyl (C=O) groups is 2. The minimum atomic E-state index is -4.48. The number of nitrogens with zero attached hydrogens (tertiary/aromatic N) is 1. The summed E-state index contributed by atoms with van der Waals surface area (Å²) < 4.78 is 42.5. The maximum Gasteiger partial charge on any atom is 0.422 e. The van der Waals surface area contributed by atoms with Crippen LogP contribution in [0.15, 0.2) is 12.3 Å². The van der Waals surface area contributed by atoms with Crippen molar-refractivity contribution in [2.75, 3.05) is 13.7 Å². The summed E-state index contributed by atoms with van der Waals surface area (Å²) in [5, 5.41) is 5.08. The monoisotopic (exact) mass is 387 g/mol. The molecule has 2 amide bonds. The third kappa shape index (κ3) is 5.83. The Morgan fingerprint density at radius 1 is 1.30 bits per heavy atom. The summed E-state index contributed by atoms with van der Waals surface area (Å²) >= 11 is 0. The van der Waals surface area contributed by atoms with Gasteiger partial charge >= 0.3 is 6.18 Å². The van der Waals surface area contributed by atoms with Gasteiger partial charge in [0.05, 0.1) is 0 Å². The van der Waals surface area contributed by atoms with E-state index in [9.17, 15) is 22.8 Å². The zero-order chi connectivity index (χ0) is 20.4. The van der Waals surface area contributed by atoms with Crippen molar-refractivity contribution in [3.63, 3.8) is 0 Å². The Morgan fingerprint density at radius 3 is 2.41 bits per heavy atom. The lowest BCUT2D eigenvalue weighted by Crippen LogP contribution is -2.53. The molecule has 0 aromatic carbocycles. The number of nitrogens with one attached hydrogen (secondary N) is 2. The van der Waals surface area contributed by atoms with Crippen LogP contribution in [0, 0.1) is 5.41 Å². The number of likely N-dealkylation sites (N-methyl/N-ethyl adjacent to an activating group) is 1. The maximum atomic E-state index is 12.5. The number of hydrogen-bond acceptors (Lipinski definition) is 4. The molecule has 1 aromatic heterocycles. The van der Waals surface area contributed by atoms with Gasteiger partial charge in [-0.2, -0.15) is 13.2 Å². The van der Waals surface area contributed by atoms with Crippen LogP contribution in [0.5, 0.6) is 5.75 Å². The summed E-state index contributed by atoms with van der Waals surface area (Å²) in [6.07, 6.45) is -1.41. The number of carbonyl (C=O) groups excluding carboxylic acids is 2. The summed E-state index contributed by atoms with van der Waals surface area (Å²) in [6, 6.07) is 0.373. The van der Waals surface area contributed by atoms with Gasteiger partial charge in [-0.15, -0.1) is 0 Å². The number of amides is 2. The van der Waals surface area contributed by atoms with E-state index in [1.807, 2.05) is 0 Å². The molecule has 1 heterocycles. The summed E-state index contributed by atoms with van der Waals surface area (Å²) in [5.41, 5.74) is -0.108. The molecule has 0 bridgehead atoms. The lowest BCUT2D eigenvalue weighted by atomic mass is 9.86. The van der Waals surface area contributed by atoms with E-state index in [-0.39, 0.29) is 23.3 Å². The van der Waals surface area contributed by atoms with Crippen molar-refractivity contribution in [3.05, 3.63) is 23.5 Å². The van der Waals surface area contributed by atoms with Gasteiger partial charge in [-0.1, -0.05) is 20.8 Å². The Kier molecular flexibility index (Phi) is 6.01. The van der Waals surface area contributed by atoms with Crippen LogP contribution in [0.3, 0.4) is 0 Å². The smallest absolute Gasteiger partial charge is 0.422 e. The molecular formula is C18H24F3N3O3. The molecular weight excluding hydrogens is 363 g/mol. The van der Waals surface area contributed by atoms with Crippen LogP contribution in [0.2, 0.25) is 0 Å². The average molecular weight is 387 g/mol. The fraction of sp³-hybridized carbons (Fsp3) is 0.611. The minimum absolute atomic E-state index is 0.00206. The van der Waals surface area contributed by atoms with E-state index in [4.69, 9.17) is 4.74 Å². The Balaban J connectivity index is 2.23. The Bertz CT molecular complexity index is 710. The molecule has 1 aliphatic carbocycles. The number of ether oxygens (including phenoxy) is 1. The second-order valence-electron chi connectivity index (χ2n) is 7.67. The minimum Gasteiger partial charge on any atom is -0.484 e. The molecule has 1 aromatic rings. The molecule has 0 radical (unpaired) electrons. The van der Waals surface area contributed by atoms with E-state index in [1.165, 1.54) is 19.3 Å². The number of alkyl halides is 3. The van der Waals surface area contributed by atoms with Crippen molar-refractivity contribution in [1.29, 1.82) is 0 Å². The first-order valence-electron chi connectivity index (χ1n) is 8.64. The second kappa shape index (κ2) is 7.74.